The molecule has 0 aromatic heterocycles. The van der Waals surface area contributed by atoms with Gasteiger partial charge in [-0.15, -0.1) is 11.8 Å². The van der Waals surface area contributed by atoms with E-state index in [1.807, 2.05) is 11.8 Å². The SMILES string of the molecule is CC(C)=C/C=C/[C@@]1(C)Oc2ccc(C(C)(C)C)cc2S[C@H]1C. The van der Waals surface area contributed by atoms with Crippen molar-refractivity contribution in [1.82, 2.24) is 0 Å². The second-order valence-electron chi connectivity index (χ2n) is 7.56. The Kier molecular flexibility index (Phi) is 4.81. The van der Waals surface area contributed by atoms with Crippen molar-refractivity contribution in [1.29, 1.82) is 0 Å². The third-order valence-electron chi connectivity index (χ3n) is 4.11. The first kappa shape index (κ1) is 17.2. The Morgan fingerprint density at radius 2 is 1.95 bits per heavy atom. The van der Waals surface area contributed by atoms with Gasteiger partial charge in [-0.1, -0.05) is 44.6 Å². The van der Waals surface area contributed by atoms with Gasteiger partial charge in [0.15, 0.2) is 0 Å². The number of hydrogen-bond acceptors (Lipinski definition) is 2. The van der Waals surface area contributed by atoms with E-state index in [1.165, 1.54) is 16.0 Å². The topological polar surface area (TPSA) is 9.23 Å². The highest BCUT2D eigenvalue weighted by Crippen LogP contribution is 2.46. The lowest BCUT2D eigenvalue weighted by molar-refractivity contribution is 0.132. The Morgan fingerprint density at radius 3 is 2.55 bits per heavy atom. The zero-order valence-electron chi connectivity index (χ0n) is 14.9. The van der Waals surface area contributed by atoms with Crippen LogP contribution in [0.1, 0.15) is 54.0 Å². The summed E-state index contributed by atoms with van der Waals surface area (Å²) < 4.78 is 6.34. The molecule has 1 heterocycles. The van der Waals surface area contributed by atoms with Crippen molar-refractivity contribution in [3.63, 3.8) is 0 Å². The molecule has 0 fully saturated rings. The Morgan fingerprint density at radius 1 is 1.27 bits per heavy atom. The van der Waals surface area contributed by atoms with Gasteiger partial charge in [-0.05, 0) is 56.9 Å². The van der Waals surface area contributed by atoms with Crippen molar-refractivity contribution in [2.75, 3.05) is 0 Å². The van der Waals surface area contributed by atoms with E-state index >= 15 is 0 Å². The molecule has 1 aliphatic heterocycles. The standard InChI is InChI=1S/C20H28OS/c1-14(2)9-8-12-20(7)15(3)22-18-13-16(19(4,5)6)10-11-17(18)21-20/h8-13,15H,1-7H3/b12-8+/t15-,20+/m0/s1. The van der Waals surface area contributed by atoms with Crippen molar-refractivity contribution < 1.29 is 4.74 Å². The second-order valence-corrected chi connectivity index (χ2v) is 8.94. The number of hydrogen-bond donors (Lipinski definition) is 0. The maximum Gasteiger partial charge on any atom is 0.137 e. The van der Waals surface area contributed by atoms with Crippen LogP contribution in [0.3, 0.4) is 0 Å². The van der Waals surface area contributed by atoms with Crippen LogP contribution in [0.5, 0.6) is 5.75 Å². The van der Waals surface area contributed by atoms with Gasteiger partial charge in [0.1, 0.15) is 11.4 Å². The van der Waals surface area contributed by atoms with Gasteiger partial charge in [0, 0.05) is 0 Å². The molecule has 0 bridgehead atoms. The van der Waals surface area contributed by atoms with Crippen LogP contribution in [-0.4, -0.2) is 10.9 Å². The fourth-order valence-corrected chi connectivity index (χ4v) is 3.54. The number of ether oxygens (including phenoxy) is 1. The minimum Gasteiger partial charge on any atom is -0.481 e. The molecular weight excluding hydrogens is 288 g/mol. The summed E-state index contributed by atoms with van der Waals surface area (Å²) in [6.45, 7) is 15.4. The van der Waals surface area contributed by atoms with Crippen molar-refractivity contribution in [2.24, 2.45) is 0 Å². The van der Waals surface area contributed by atoms with E-state index in [9.17, 15) is 0 Å². The molecule has 2 atom stereocenters. The smallest absolute Gasteiger partial charge is 0.137 e. The fraction of sp³-hybridized carbons (Fsp3) is 0.500. The van der Waals surface area contributed by atoms with Crippen LogP contribution in [-0.2, 0) is 5.41 Å². The summed E-state index contributed by atoms with van der Waals surface area (Å²) in [6.07, 6.45) is 6.42. The van der Waals surface area contributed by atoms with Gasteiger partial charge in [0.25, 0.3) is 0 Å². The third-order valence-corrected chi connectivity index (χ3v) is 5.50. The first-order chi connectivity index (χ1) is 10.1. The quantitative estimate of drug-likeness (QED) is 0.606. The van der Waals surface area contributed by atoms with Crippen molar-refractivity contribution in [3.05, 3.63) is 47.6 Å². The minimum absolute atomic E-state index is 0.170. The van der Waals surface area contributed by atoms with E-state index in [1.54, 1.807) is 0 Å². The fourth-order valence-electron chi connectivity index (χ4n) is 2.38. The third kappa shape index (κ3) is 3.78. The molecule has 2 heteroatoms. The van der Waals surface area contributed by atoms with Gasteiger partial charge in [-0.2, -0.15) is 0 Å². The molecule has 0 unspecified atom stereocenters. The molecule has 1 aliphatic rings. The minimum atomic E-state index is -0.271. The van der Waals surface area contributed by atoms with E-state index in [0.29, 0.717) is 5.25 Å². The van der Waals surface area contributed by atoms with Crippen LogP contribution in [0.4, 0.5) is 0 Å². The summed E-state index contributed by atoms with van der Waals surface area (Å²) in [5.41, 5.74) is 2.56. The van der Waals surface area contributed by atoms with Gasteiger partial charge < -0.3 is 4.74 Å². The molecule has 1 nitrogen and oxygen atoms in total. The predicted octanol–water partition coefficient (Wildman–Crippen LogP) is 6.14. The van der Waals surface area contributed by atoms with E-state index in [2.05, 4.69) is 84.9 Å². The average molecular weight is 317 g/mol. The van der Waals surface area contributed by atoms with Crippen LogP contribution in [0.2, 0.25) is 0 Å². The van der Waals surface area contributed by atoms with Gasteiger partial charge in [-0.25, -0.2) is 0 Å². The summed E-state index contributed by atoms with van der Waals surface area (Å²) in [6, 6.07) is 6.60. The van der Waals surface area contributed by atoms with Crippen LogP contribution >= 0.6 is 11.8 Å². The Bertz CT molecular complexity index is 603. The molecule has 0 amide bonds. The first-order valence-electron chi connectivity index (χ1n) is 7.95. The first-order valence-corrected chi connectivity index (χ1v) is 8.83. The van der Waals surface area contributed by atoms with Crippen LogP contribution in [0.15, 0.2) is 46.9 Å². The number of fused-ring (bicyclic) bond motifs is 1. The monoisotopic (exact) mass is 316 g/mol. The molecule has 0 aliphatic carbocycles. The summed E-state index contributed by atoms with van der Waals surface area (Å²) in [5, 5.41) is 0.372. The van der Waals surface area contributed by atoms with E-state index in [0.717, 1.165) is 5.75 Å². The maximum atomic E-state index is 6.34. The number of allylic oxidation sites excluding steroid dienone is 3. The average Bonchev–Trinajstić information content (AvgIpc) is 2.38. The molecule has 1 aromatic rings. The van der Waals surface area contributed by atoms with Gasteiger partial charge in [0.05, 0.1) is 10.1 Å². The maximum absolute atomic E-state index is 6.34. The van der Waals surface area contributed by atoms with Gasteiger partial charge in [0.2, 0.25) is 0 Å². The summed E-state index contributed by atoms with van der Waals surface area (Å²) >= 11 is 1.91. The number of thioether (sulfide) groups is 1. The lowest BCUT2D eigenvalue weighted by Crippen LogP contribution is -2.42. The van der Waals surface area contributed by atoms with Gasteiger partial charge in [-0.3, -0.25) is 0 Å². The molecule has 2 rings (SSSR count). The highest BCUT2D eigenvalue weighted by atomic mass is 32.2. The molecule has 0 N–H and O–H groups in total. The van der Waals surface area contributed by atoms with Crippen molar-refractivity contribution >= 4 is 11.8 Å². The largest absolute Gasteiger partial charge is 0.481 e. The zero-order valence-corrected chi connectivity index (χ0v) is 15.7. The van der Waals surface area contributed by atoms with Crippen molar-refractivity contribution in [2.45, 2.75) is 69.6 Å². The van der Waals surface area contributed by atoms with Crippen molar-refractivity contribution in [3.8, 4) is 5.75 Å². The van der Waals surface area contributed by atoms with E-state index in [4.69, 9.17) is 4.74 Å². The molecule has 0 radical (unpaired) electrons. The molecule has 22 heavy (non-hydrogen) atoms. The normalized spacial score (nSPS) is 24.8. The Hall–Kier alpha value is -1.15. The molecule has 120 valence electrons. The molecule has 1 aromatic carbocycles. The van der Waals surface area contributed by atoms with E-state index < -0.39 is 0 Å². The lowest BCUT2D eigenvalue weighted by Gasteiger charge is -2.39. The Labute approximate surface area is 139 Å². The highest BCUT2D eigenvalue weighted by Gasteiger charge is 2.37. The lowest BCUT2D eigenvalue weighted by atomic mass is 9.87. The molecule has 0 saturated heterocycles. The molecule has 0 spiro atoms. The Balaban J connectivity index is 2.31. The highest BCUT2D eigenvalue weighted by molar-refractivity contribution is 8.00. The molecular formula is C20H28OS. The number of rotatable bonds is 2. The molecule has 0 saturated carbocycles. The predicted molar refractivity (Wildman–Crippen MR) is 98.1 cm³/mol. The summed E-state index contributed by atoms with van der Waals surface area (Å²) in [4.78, 5) is 1.26. The summed E-state index contributed by atoms with van der Waals surface area (Å²) in [5.74, 6) is 1.00. The van der Waals surface area contributed by atoms with Crippen LogP contribution in [0.25, 0.3) is 0 Å². The summed E-state index contributed by atoms with van der Waals surface area (Å²) in [7, 11) is 0. The number of benzene rings is 1. The van der Waals surface area contributed by atoms with E-state index in [-0.39, 0.29) is 11.0 Å². The zero-order chi connectivity index (χ0) is 16.5. The van der Waals surface area contributed by atoms with Crippen LogP contribution < -0.4 is 4.74 Å². The van der Waals surface area contributed by atoms with Gasteiger partial charge >= 0.3 is 0 Å². The van der Waals surface area contributed by atoms with Crippen LogP contribution in [0, 0.1) is 0 Å². The second kappa shape index (κ2) is 6.16.